The zero-order valence-electron chi connectivity index (χ0n) is 19.9. The third-order valence-electron chi connectivity index (χ3n) is 6.28. The van der Waals surface area contributed by atoms with E-state index in [1.165, 1.54) is 4.90 Å². The number of carbonyl (C=O) groups excluding carboxylic acids is 1. The van der Waals surface area contributed by atoms with Gasteiger partial charge in [0, 0.05) is 32.3 Å². The second-order valence-electron chi connectivity index (χ2n) is 8.86. The van der Waals surface area contributed by atoms with E-state index in [0.29, 0.717) is 35.3 Å². The van der Waals surface area contributed by atoms with Gasteiger partial charge in [-0.2, -0.15) is 0 Å². The summed E-state index contributed by atoms with van der Waals surface area (Å²) in [5.74, 6) is 0.0286. The maximum absolute atomic E-state index is 12.4. The molecule has 36 heavy (non-hydrogen) atoms. The van der Waals surface area contributed by atoms with Crippen LogP contribution in [0.25, 0.3) is 22.8 Å². The minimum Gasteiger partial charge on any atom is -0.391 e. The van der Waals surface area contributed by atoms with E-state index in [2.05, 4.69) is 25.4 Å². The molecule has 3 aromatic heterocycles. The third kappa shape index (κ3) is 4.43. The molecule has 1 fully saturated rings. The fourth-order valence-electron chi connectivity index (χ4n) is 4.25. The maximum atomic E-state index is 12.4. The summed E-state index contributed by atoms with van der Waals surface area (Å²) >= 11 is 0. The molecule has 3 atom stereocenters. The minimum atomic E-state index is -1.72. The number of hydrogen-bond donors (Lipinski definition) is 3. The van der Waals surface area contributed by atoms with Crippen LogP contribution in [0.15, 0.2) is 71.4 Å². The van der Waals surface area contributed by atoms with Crippen molar-refractivity contribution in [1.82, 2.24) is 25.0 Å². The molecule has 0 spiro atoms. The lowest BCUT2D eigenvalue weighted by atomic mass is 9.98. The van der Waals surface area contributed by atoms with E-state index in [-0.39, 0.29) is 12.2 Å². The van der Waals surface area contributed by atoms with Crippen molar-refractivity contribution in [3.8, 4) is 22.8 Å². The van der Waals surface area contributed by atoms with Crippen LogP contribution in [0.3, 0.4) is 0 Å². The molecular weight excluding hydrogens is 460 g/mol. The molecule has 5 rings (SSSR count). The highest BCUT2D eigenvalue weighted by molar-refractivity contribution is 5.87. The summed E-state index contributed by atoms with van der Waals surface area (Å²) in [6.45, 7) is 2.14. The van der Waals surface area contributed by atoms with E-state index < -0.39 is 23.7 Å². The van der Waals surface area contributed by atoms with Crippen molar-refractivity contribution in [2.45, 2.75) is 31.1 Å². The molecule has 1 saturated heterocycles. The molecule has 3 N–H and O–H groups in total. The smallest absolute Gasteiger partial charge is 0.262 e. The largest absolute Gasteiger partial charge is 0.391 e. The predicted octanol–water partition coefficient (Wildman–Crippen LogP) is 2.78. The van der Waals surface area contributed by atoms with Gasteiger partial charge in [-0.3, -0.25) is 4.79 Å². The van der Waals surface area contributed by atoms with Crippen LogP contribution in [-0.2, 0) is 10.4 Å². The first-order valence-electron chi connectivity index (χ1n) is 11.6. The van der Waals surface area contributed by atoms with Gasteiger partial charge in [-0.05, 0) is 30.7 Å². The monoisotopic (exact) mass is 486 g/mol. The van der Waals surface area contributed by atoms with Crippen molar-refractivity contribution in [3.63, 3.8) is 0 Å². The van der Waals surface area contributed by atoms with E-state index >= 15 is 0 Å². The molecule has 0 bridgehead atoms. The van der Waals surface area contributed by atoms with E-state index in [1.807, 2.05) is 42.5 Å². The SMILES string of the molecule is C[C@H](O)[C@@H](Nc1nccc(-c2cccc(-c3cc(C4(O)CCN(C)C4=O)on3)n2)n1)c1ccccc1. The summed E-state index contributed by atoms with van der Waals surface area (Å²) in [4.78, 5) is 27.4. The summed E-state index contributed by atoms with van der Waals surface area (Å²) in [6, 6.07) is 17.9. The Morgan fingerprint density at radius 3 is 2.44 bits per heavy atom. The molecule has 0 radical (unpaired) electrons. The van der Waals surface area contributed by atoms with Crippen molar-refractivity contribution in [3.05, 3.63) is 78.2 Å². The number of amides is 1. The van der Waals surface area contributed by atoms with Crippen LogP contribution in [-0.4, -0.2) is 60.8 Å². The van der Waals surface area contributed by atoms with Gasteiger partial charge >= 0.3 is 0 Å². The van der Waals surface area contributed by atoms with Gasteiger partial charge in [0.15, 0.2) is 5.76 Å². The Morgan fingerprint density at radius 2 is 1.75 bits per heavy atom. The van der Waals surface area contributed by atoms with E-state index in [1.54, 1.807) is 38.4 Å². The first kappa shape index (κ1) is 23.6. The fraction of sp³-hybridized carbons (Fsp3) is 0.269. The lowest BCUT2D eigenvalue weighted by Gasteiger charge is -2.22. The number of pyridine rings is 1. The number of benzene rings is 1. The number of hydrogen-bond acceptors (Lipinski definition) is 9. The van der Waals surface area contributed by atoms with Crippen molar-refractivity contribution < 1.29 is 19.5 Å². The zero-order chi connectivity index (χ0) is 25.3. The lowest BCUT2D eigenvalue weighted by Crippen LogP contribution is -2.35. The number of likely N-dealkylation sites (tertiary alicyclic amines) is 1. The molecule has 1 aromatic carbocycles. The first-order valence-corrected chi connectivity index (χ1v) is 11.6. The normalized spacial score (nSPS) is 19.3. The number of likely N-dealkylation sites (N-methyl/N-ethyl adjacent to an activating group) is 1. The lowest BCUT2D eigenvalue weighted by molar-refractivity contribution is -0.144. The molecule has 4 aromatic rings. The minimum absolute atomic E-state index is 0.0950. The number of aliphatic hydroxyl groups is 2. The van der Waals surface area contributed by atoms with Gasteiger partial charge in [-0.25, -0.2) is 15.0 Å². The number of nitrogens with zero attached hydrogens (tertiary/aromatic N) is 5. The number of rotatable bonds is 7. The van der Waals surface area contributed by atoms with E-state index in [9.17, 15) is 15.0 Å². The predicted molar refractivity (Wildman–Crippen MR) is 131 cm³/mol. The average Bonchev–Trinajstić information content (AvgIpc) is 3.50. The second kappa shape index (κ2) is 9.48. The third-order valence-corrected chi connectivity index (χ3v) is 6.28. The van der Waals surface area contributed by atoms with Crippen LogP contribution >= 0.6 is 0 Å². The topological polar surface area (TPSA) is 138 Å². The van der Waals surface area contributed by atoms with Gasteiger partial charge in [0.05, 0.1) is 29.2 Å². The summed E-state index contributed by atoms with van der Waals surface area (Å²) in [5, 5.41) is 28.4. The van der Waals surface area contributed by atoms with Crippen LogP contribution in [0.2, 0.25) is 0 Å². The molecular formula is C26H26N6O4. The van der Waals surface area contributed by atoms with Crippen molar-refractivity contribution in [2.75, 3.05) is 18.9 Å². The van der Waals surface area contributed by atoms with Crippen molar-refractivity contribution in [2.24, 2.45) is 0 Å². The van der Waals surface area contributed by atoms with Crippen molar-refractivity contribution >= 4 is 11.9 Å². The van der Waals surface area contributed by atoms with Gasteiger partial charge in [0.25, 0.3) is 5.91 Å². The molecule has 1 amide bonds. The Kier molecular flexibility index (Phi) is 6.21. The number of carbonyl (C=O) groups is 1. The summed E-state index contributed by atoms with van der Waals surface area (Å²) in [7, 11) is 1.64. The maximum Gasteiger partial charge on any atom is 0.262 e. The summed E-state index contributed by atoms with van der Waals surface area (Å²) in [6.07, 6.45) is 1.18. The summed E-state index contributed by atoms with van der Waals surface area (Å²) in [5.41, 5.74) is 1.24. The Hall–Kier alpha value is -4.15. The summed E-state index contributed by atoms with van der Waals surface area (Å²) < 4.78 is 5.35. The molecule has 10 nitrogen and oxygen atoms in total. The van der Waals surface area contributed by atoms with Crippen LogP contribution in [0, 0.1) is 0 Å². The van der Waals surface area contributed by atoms with Gasteiger partial charge < -0.3 is 25.0 Å². The molecule has 10 heteroatoms. The molecule has 184 valence electrons. The molecule has 0 aliphatic carbocycles. The number of anilines is 1. The highest BCUT2D eigenvalue weighted by Crippen LogP contribution is 2.34. The van der Waals surface area contributed by atoms with Crippen molar-refractivity contribution in [1.29, 1.82) is 0 Å². The Morgan fingerprint density at radius 1 is 1.03 bits per heavy atom. The Bertz CT molecular complexity index is 1380. The van der Waals surface area contributed by atoms with Gasteiger partial charge in [0.2, 0.25) is 11.5 Å². The molecule has 4 heterocycles. The standard InChI is InChI=1S/C26H26N6O4/c1-16(33)23(17-7-4-3-5-8-17)30-25-27-13-11-20(29-25)18-9-6-10-19(28-18)21-15-22(36-31-21)26(35)12-14-32(2)24(26)34/h3-11,13,15-16,23,33,35H,12,14H2,1-2H3,(H,27,29,30)/t16-,23+,26?/m0/s1. The molecule has 1 aliphatic heterocycles. The quantitative estimate of drug-likeness (QED) is 0.360. The molecule has 0 saturated carbocycles. The fourth-order valence-corrected chi connectivity index (χ4v) is 4.25. The molecule has 1 aliphatic rings. The van der Waals surface area contributed by atoms with Crippen LogP contribution in [0.4, 0.5) is 5.95 Å². The van der Waals surface area contributed by atoms with Crippen LogP contribution in [0.5, 0.6) is 0 Å². The highest BCUT2D eigenvalue weighted by Gasteiger charge is 2.48. The van der Waals surface area contributed by atoms with Crippen LogP contribution < -0.4 is 5.32 Å². The second-order valence-corrected chi connectivity index (χ2v) is 8.86. The van der Waals surface area contributed by atoms with E-state index in [4.69, 9.17) is 4.52 Å². The van der Waals surface area contributed by atoms with Gasteiger partial charge in [0.1, 0.15) is 5.69 Å². The van der Waals surface area contributed by atoms with Gasteiger partial charge in [-0.15, -0.1) is 0 Å². The zero-order valence-corrected chi connectivity index (χ0v) is 19.9. The van der Waals surface area contributed by atoms with E-state index in [0.717, 1.165) is 5.56 Å². The Labute approximate surface area is 207 Å². The Balaban J connectivity index is 1.40. The number of aliphatic hydroxyl groups excluding tert-OH is 1. The van der Waals surface area contributed by atoms with Crippen LogP contribution in [0.1, 0.15) is 30.7 Å². The average molecular weight is 487 g/mol. The number of aromatic nitrogens is 4. The number of nitrogens with one attached hydrogen (secondary N) is 1. The highest BCUT2D eigenvalue weighted by atomic mass is 16.5. The molecule has 1 unspecified atom stereocenters. The first-order chi connectivity index (χ1) is 17.3. The van der Waals surface area contributed by atoms with Gasteiger partial charge in [-0.1, -0.05) is 41.6 Å².